The molecule has 0 bridgehead atoms. The van der Waals surface area contributed by atoms with Crippen LogP contribution in [0.15, 0.2) is 206 Å². The highest BCUT2D eigenvalue weighted by Crippen LogP contribution is 2.41. The van der Waals surface area contributed by atoms with Crippen LogP contribution < -0.4 is 4.90 Å². The minimum Gasteiger partial charge on any atom is -0.310 e. The summed E-state index contributed by atoms with van der Waals surface area (Å²) < 4.78 is 2.41. The first-order valence-electron chi connectivity index (χ1n) is 17.9. The van der Waals surface area contributed by atoms with Crippen molar-refractivity contribution >= 4 is 60.4 Å². The lowest BCUT2D eigenvalue weighted by molar-refractivity contribution is 1.18. The van der Waals surface area contributed by atoms with Crippen LogP contribution in [-0.4, -0.2) is 4.57 Å². The highest BCUT2D eigenvalue weighted by molar-refractivity contribution is 6.10. The van der Waals surface area contributed by atoms with Gasteiger partial charge in [0.05, 0.1) is 16.7 Å². The molecule has 0 fully saturated rings. The van der Waals surface area contributed by atoms with E-state index >= 15 is 0 Å². The summed E-state index contributed by atoms with van der Waals surface area (Å²) in [6, 6.07) is 74.7. The molecule has 1 aromatic heterocycles. The number of rotatable bonds is 6. The summed E-state index contributed by atoms with van der Waals surface area (Å²) in [5, 5.41) is 7.52. The molecular formula is C50H34N2. The maximum absolute atomic E-state index is 2.41. The van der Waals surface area contributed by atoms with Crippen molar-refractivity contribution in [1.29, 1.82) is 0 Å². The monoisotopic (exact) mass is 662 g/mol. The van der Waals surface area contributed by atoms with E-state index in [0.29, 0.717) is 0 Å². The lowest BCUT2D eigenvalue weighted by atomic mass is 10.00. The lowest BCUT2D eigenvalue weighted by Gasteiger charge is -2.27. The van der Waals surface area contributed by atoms with E-state index in [1.54, 1.807) is 0 Å². The largest absolute Gasteiger partial charge is 0.310 e. The van der Waals surface area contributed by atoms with Crippen LogP contribution in [0.25, 0.3) is 71.3 Å². The first kappa shape index (κ1) is 30.0. The van der Waals surface area contributed by atoms with Gasteiger partial charge in [-0.05, 0) is 92.8 Å². The Hall–Kier alpha value is -6.90. The van der Waals surface area contributed by atoms with E-state index in [2.05, 4.69) is 216 Å². The Morgan fingerprint density at radius 2 is 0.865 bits per heavy atom. The fraction of sp³-hybridized carbons (Fsp3) is 0. The van der Waals surface area contributed by atoms with Crippen molar-refractivity contribution in [2.75, 3.05) is 4.90 Å². The molecule has 0 unspecified atom stereocenters. The third kappa shape index (κ3) is 5.04. The highest BCUT2D eigenvalue weighted by atomic mass is 15.1. The molecule has 244 valence electrons. The van der Waals surface area contributed by atoms with E-state index in [9.17, 15) is 0 Å². The standard InChI is InChI=1S/C50H34N2/c1-2-13-35(14-3-1)39-16-12-17-41(33-39)51(42-32-29-38-26-25-36-15-4-5-18-43(36)47(38)34-42)40-30-27-37(28-31-40)44-19-6-9-22-48(44)52-49-23-10-7-20-45(49)46-21-8-11-24-50(46)52/h1-34H. The summed E-state index contributed by atoms with van der Waals surface area (Å²) in [4.78, 5) is 2.39. The number of hydrogen-bond donors (Lipinski definition) is 0. The van der Waals surface area contributed by atoms with Gasteiger partial charge in [-0.15, -0.1) is 0 Å². The molecule has 0 amide bonds. The summed E-state index contributed by atoms with van der Waals surface area (Å²) in [5.41, 5.74) is 11.7. The minimum atomic E-state index is 1.10. The molecule has 52 heavy (non-hydrogen) atoms. The number of benzene rings is 9. The first-order chi connectivity index (χ1) is 25.8. The summed E-state index contributed by atoms with van der Waals surface area (Å²) in [7, 11) is 0. The molecule has 9 aromatic carbocycles. The van der Waals surface area contributed by atoms with Gasteiger partial charge in [0, 0.05) is 33.4 Å². The van der Waals surface area contributed by atoms with Gasteiger partial charge in [0.1, 0.15) is 0 Å². The lowest BCUT2D eigenvalue weighted by Crippen LogP contribution is -2.10. The first-order valence-corrected chi connectivity index (χ1v) is 17.9. The highest BCUT2D eigenvalue weighted by Gasteiger charge is 2.18. The van der Waals surface area contributed by atoms with Crippen LogP contribution in [0.5, 0.6) is 0 Å². The van der Waals surface area contributed by atoms with Gasteiger partial charge in [0.2, 0.25) is 0 Å². The molecule has 0 saturated carbocycles. The molecule has 1 heterocycles. The molecule has 0 radical (unpaired) electrons. The van der Waals surface area contributed by atoms with E-state index in [1.165, 1.54) is 71.3 Å². The zero-order valence-corrected chi connectivity index (χ0v) is 28.5. The zero-order chi connectivity index (χ0) is 34.4. The average molecular weight is 663 g/mol. The average Bonchev–Trinajstić information content (AvgIpc) is 3.56. The Labute approximate surface area is 303 Å². The fourth-order valence-electron chi connectivity index (χ4n) is 7.92. The van der Waals surface area contributed by atoms with Gasteiger partial charge in [-0.2, -0.15) is 0 Å². The second kappa shape index (κ2) is 12.5. The quantitative estimate of drug-likeness (QED) is 0.161. The van der Waals surface area contributed by atoms with Crippen molar-refractivity contribution < 1.29 is 0 Å². The Morgan fingerprint density at radius 1 is 0.308 bits per heavy atom. The van der Waals surface area contributed by atoms with Gasteiger partial charge < -0.3 is 9.47 Å². The maximum Gasteiger partial charge on any atom is 0.0541 e. The predicted molar refractivity (Wildman–Crippen MR) is 221 cm³/mol. The molecular weight excluding hydrogens is 629 g/mol. The molecule has 0 aliphatic carbocycles. The van der Waals surface area contributed by atoms with Gasteiger partial charge >= 0.3 is 0 Å². The fourth-order valence-corrected chi connectivity index (χ4v) is 7.92. The van der Waals surface area contributed by atoms with Crippen LogP contribution in [0.2, 0.25) is 0 Å². The smallest absolute Gasteiger partial charge is 0.0541 e. The number of hydrogen-bond acceptors (Lipinski definition) is 1. The Balaban J connectivity index is 1.13. The maximum atomic E-state index is 2.41. The summed E-state index contributed by atoms with van der Waals surface area (Å²) >= 11 is 0. The van der Waals surface area contributed by atoms with Crippen LogP contribution in [0, 0.1) is 0 Å². The van der Waals surface area contributed by atoms with Crippen molar-refractivity contribution in [3.8, 4) is 27.9 Å². The van der Waals surface area contributed by atoms with Crippen molar-refractivity contribution in [1.82, 2.24) is 4.57 Å². The number of aromatic nitrogens is 1. The minimum absolute atomic E-state index is 1.10. The van der Waals surface area contributed by atoms with E-state index in [4.69, 9.17) is 0 Å². The number of anilines is 3. The van der Waals surface area contributed by atoms with Crippen LogP contribution in [0.4, 0.5) is 17.1 Å². The van der Waals surface area contributed by atoms with Crippen molar-refractivity contribution in [2.45, 2.75) is 0 Å². The van der Waals surface area contributed by atoms with Gasteiger partial charge in [-0.3, -0.25) is 0 Å². The predicted octanol–water partition coefficient (Wildman–Crippen LogP) is 13.9. The molecule has 10 rings (SSSR count). The van der Waals surface area contributed by atoms with Gasteiger partial charge in [-0.25, -0.2) is 0 Å². The Morgan fingerprint density at radius 3 is 1.63 bits per heavy atom. The van der Waals surface area contributed by atoms with Crippen LogP contribution in [0.1, 0.15) is 0 Å². The molecule has 0 saturated heterocycles. The molecule has 0 aliphatic heterocycles. The van der Waals surface area contributed by atoms with Crippen molar-refractivity contribution in [3.05, 3.63) is 206 Å². The van der Waals surface area contributed by atoms with E-state index in [0.717, 1.165) is 17.1 Å². The third-order valence-corrected chi connectivity index (χ3v) is 10.4. The molecule has 0 atom stereocenters. The van der Waals surface area contributed by atoms with Crippen LogP contribution in [-0.2, 0) is 0 Å². The topological polar surface area (TPSA) is 8.17 Å². The SMILES string of the molecule is c1ccc(-c2cccc(N(c3ccc(-c4ccccc4-n4c5ccccc5c5ccccc54)cc3)c3ccc4ccc5ccccc5c4c3)c2)cc1. The van der Waals surface area contributed by atoms with Crippen LogP contribution in [0.3, 0.4) is 0 Å². The second-order valence-corrected chi connectivity index (χ2v) is 13.4. The van der Waals surface area contributed by atoms with E-state index in [1.807, 2.05) is 0 Å². The Bertz CT molecular complexity index is 2850. The molecule has 0 aliphatic rings. The molecule has 10 aromatic rings. The Kier molecular flexibility index (Phi) is 7.18. The number of fused-ring (bicyclic) bond motifs is 6. The summed E-state index contributed by atoms with van der Waals surface area (Å²) in [6.07, 6.45) is 0. The van der Waals surface area contributed by atoms with E-state index in [-0.39, 0.29) is 0 Å². The number of para-hydroxylation sites is 3. The summed E-state index contributed by atoms with van der Waals surface area (Å²) in [6.45, 7) is 0. The normalized spacial score (nSPS) is 11.5. The van der Waals surface area contributed by atoms with Gasteiger partial charge in [0.25, 0.3) is 0 Å². The molecule has 0 N–H and O–H groups in total. The van der Waals surface area contributed by atoms with Gasteiger partial charge in [-0.1, -0.05) is 152 Å². The second-order valence-electron chi connectivity index (χ2n) is 13.4. The van der Waals surface area contributed by atoms with E-state index < -0.39 is 0 Å². The molecule has 2 heteroatoms. The van der Waals surface area contributed by atoms with Gasteiger partial charge in [0.15, 0.2) is 0 Å². The molecule has 2 nitrogen and oxygen atoms in total. The van der Waals surface area contributed by atoms with Crippen molar-refractivity contribution in [2.24, 2.45) is 0 Å². The van der Waals surface area contributed by atoms with Crippen molar-refractivity contribution in [3.63, 3.8) is 0 Å². The summed E-state index contributed by atoms with van der Waals surface area (Å²) in [5.74, 6) is 0. The number of nitrogens with zero attached hydrogens (tertiary/aromatic N) is 2. The van der Waals surface area contributed by atoms with Crippen LogP contribution >= 0.6 is 0 Å². The zero-order valence-electron chi connectivity index (χ0n) is 28.5. The third-order valence-electron chi connectivity index (χ3n) is 10.4. The molecule has 0 spiro atoms.